The van der Waals surface area contributed by atoms with Crippen molar-refractivity contribution in [3.63, 3.8) is 0 Å². The molecule has 0 radical (unpaired) electrons. The molecule has 0 bridgehead atoms. The molecular formula is C6H9ClN4O. The summed E-state index contributed by atoms with van der Waals surface area (Å²) in [7, 11) is 0. The molecule has 1 aromatic heterocycles. The smallest absolute Gasteiger partial charge is 0.240 e. The second-order valence-corrected chi connectivity index (χ2v) is 2.37. The van der Waals surface area contributed by atoms with Gasteiger partial charge in [0.15, 0.2) is 5.82 Å². The molecule has 0 aromatic carbocycles. The lowest BCUT2D eigenvalue weighted by atomic mass is 10.6. The maximum absolute atomic E-state index is 10.8. The van der Waals surface area contributed by atoms with E-state index in [1.54, 1.807) is 0 Å². The number of aromatic nitrogens is 3. The predicted octanol–water partition coefficient (Wildman–Crippen LogP) is 0.475. The van der Waals surface area contributed by atoms with Crippen molar-refractivity contribution in [2.24, 2.45) is 0 Å². The highest BCUT2D eigenvalue weighted by atomic mass is 35.5. The van der Waals surface area contributed by atoms with E-state index in [1.807, 2.05) is 6.92 Å². The van der Waals surface area contributed by atoms with Crippen LogP contribution in [0.4, 0.5) is 5.82 Å². The van der Waals surface area contributed by atoms with Gasteiger partial charge in [0.2, 0.25) is 5.91 Å². The Labute approximate surface area is 74.7 Å². The predicted molar refractivity (Wildman–Crippen MR) is 45.0 cm³/mol. The number of aryl methyl sites for hydroxylation is 1. The second kappa shape index (κ2) is 4.06. The highest BCUT2D eigenvalue weighted by Crippen LogP contribution is 1.98. The van der Waals surface area contributed by atoms with Gasteiger partial charge in [0.25, 0.3) is 0 Å². The largest absolute Gasteiger partial charge is 0.307 e. The minimum atomic E-state index is -0.278. The van der Waals surface area contributed by atoms with Crippen LogP contribution in [0.15, 0.2) is 6.20 Å². The highest BCUT2D eigenvalue weighted by molar-refractivity contribution is 6.28. The number of alkyl halides is 1. The monoisotopic (exact) mass is 188 g/mol. The van der Waals surface area contributed by atoms with E-state index in [9.17, 15) is 4.79 Å². The van der Waals surface area contributed by atoms with Crippen molar-refractivity contribution in [1.29, 1.82) is 0 Å². The van der Waals surface area contributed by atoms with E-state index in [0.717, 1.165) is 0 Å². The van der Waals surface area contributed by atoms with Gasteiger partial charge in [-0.3, -0.25) is 4.79 Å². The molecule has 12 heavy (non-hydrogen) atoms. The molecule has 0 aliphatic carbocycles. The number of amides is 1. The first kappa shape index (κ1) is 8.99. The summed E-state index contributed by atoms with van der Waals surface area (Å²) in [6, 6.07) is 0. The maximum atomic E-state index is 10.8. The van der Waals surface area contributed by atoms with Gasteiger partial charge in [-0.2, -0.15) is 9.90 Å². The standard InChI is InChI=1S/C6H9ClN4O/c1-2-11-8-4-5(10-11)9-6(12)3-7/h4H,2-3H2,1H3,(H,9,10,12). The van der Waals surface area contributed by atoms with Crippen LogP contribution in [0.5, 0.6) is 0 Å². The van der Waals surface area contributed by atoms with Gasteiger partial charge in [-0.25, -0.2) is 0 Å². The van der Waals surface area contributed by atoms with E-state index in [1.165, 1.54) is 11.0 Å². The zero-order valence-corrected chi connectivity index (χ0v) is 7.38. The number of carbonyl (C=O) groups is 1. The first-order valence-corrected chi connectivity index (χ1v) is 4.05. The van der Waals surface area contributed by atoms with Crippen LogP contribution < -0.4 is 5.32 Å². The molecule has 1 aromatic rings. The Kier molecular flexibility index (Phi) is 3.04. The van der Waals surface area contributed by atoms with Gasteiger partial charge in [0.05, 0.1) is 12.7 Å². The molecule has 0 fully saturated rings. The van der Waals surface area contributed by atoms with E-state index in [-0.39, 0.29) is 11.8 Å². The average molecular weight is 189 g/mol. The van der Waals surface area contributed by atoms with E-state index in [0.29, 0.717) is 12.4 Å². The summed E-state index contributed by atoms with van der Waals surface area (Å²) >= 11 is 5.28. The van der Waals surface area contributed by atoms with Crippen molar-refractivity contribution in [3.8, 4) is 0 Å². The van der Waals surface area contributed by atoms with Crippen molar-refractivity contribution >= 4 is 23.3 Å². The minimum absolute atomic E-state index is 0.0705. The third-order valence-electron chi connectivity index (χ3n) is 1.21. The van der Waals surface area contributed by atoms with Crippen molar-refractivity contribution in [3.05, 3.63) is 6.20 Å². The molecule has 1 heterocycles. The fraction of sp³-hybridized carbons (Fsp3) is 0.500. The van der Waals surface area contributed by atoms with Crippen LogP contribution in [-0.2, 0) is 11.3 Å². The SMILES string of the molecule is CCn1ncc(NC(=O)CCl)n1. The average Bonchev–Trinajstić information content (AvgIpc) is 2.52. The fourth-order valence-electron chi connectivity index (χ4n) is 0.683. The third-order valence-corrected chi connectivity index (χ3v) is 1.45. The quantitative estimate of drug-likeness (QED) is 0.702. The lowest BCUT2D eigenvalue weighted by Gasteiger charge is -1.94. The van der Waals surface area contributed by atoms with Crippen LogP contribution in [0.2, 0.25) is 0 Å². The van der Waals surface area contributed by atoms with Gasteiger partial charge in [0, 0.05) is 0 Å². The highest BCUT2D eigenvalue weighted by Gasteiger charge is 2.02. The van der Waals surface area contributed by atoms with Gasteiger partial charge in [-0.1, -0.05) is 0 Å². The molecule has 0 aliphatic rings. The van der Waals surface area contributed by atoms with Gasteiger partial charge in [-0.15, -0.1) is 16.7 Å². The van der Waals surface area contributed by atoms with Crippen LogP contribution in [0.1, 0.15) is 6.92 Å². The van der Waals surface area contributed by atoms with Gasteiger partial charge in [0.1, 0.15) is 5.88 Å². The van der Waals surface area contributed by atoms with Crippen LogP contribution in [0, 0.1) is 0 Å². The number of hydrogen-bond donors (Lipinski definition) is 1. The van der Waals surface area contributed by atoms with Crippen LogP contribution in [-0.4, -0.2) is 26.8 Å². The Morgan fingerprint density at radius 1 is 1.83 bits per heavy atom. The first-order chi connectivity index (χ1) is 5.76. The summed E-state index contributed by atoms with van der Waals surface area (Å²) in [6.45, 7) is 2.59. The minimum Gasteiger partial charge on any atom is -0.307 e. The Balaban J connectivity index is 2.58. The number of rotatable bonds is 3. The van der Waals surface area contributed by atoms with Crippen molar-refractivity contribution < 1.29 is 4.79 Å². The lowest BCUT2D eigenvalue weighted by molar-refractivity contribution is -0.113. The number of nitrogens with zero attached hydrogens (tertiary/aromatic N) is 3. The van der Waals surface area contributed by atoms with Crippen LogP contribution >= 0.6 is 11.6 Å². The molecule has 1 N–H and O–H groups in total. The molecule has 0 aliphatic heterocycles. The normalized spacial score (nSPS) is 9.83. The van der Waals surface area contributed by atoms with E-state index >= 15 is 0 Å². The topological polar surface area (TPSA) is 59.8 Å². The molecule has 5 nitrogen and oxygen atoms in total. The third kappa shape index (κ3) is 2.20. The summed E-state index contributed by atoms with van der Waals surface area (Å²) < 4.78 is 0. The molecule has 0 spiro atoms. The number of nitrogens with one attached hydrogen (secondary N) is 1. The van der Waals surface area contributed by atoms with E-state index in [2.05, 4.69) is 15.5 Å². The maximum Gasteiger partial charge on any atom is 0.240 e. The molecule has 1 rings (SSSR count). The molecule has 0 atom stereocenters. The molecule has 66 valence electrons. The molecule has 0 saturated heterocycles. The van der Waals surface area contributed by atoms with Crippen molar-refractivity contribution in [2.75, 3.05) is 11.2 Å². The Hall–Kier alpha value is -1.10. The van der Waals surface area contributed by atoms with Crippen LogP contribution in [0.25, 0.3) is 0 Å². The summed E-state index contributed by atoms with van der Waals surface area (Å²) in [4.78, 5) is 12.2. The number of halogens is 1. The Morgan fingerprint density at radius 2 is 2.58 bits per heavy atom. The van der Waals surface area contributed by atoms with Gasteiger partial charge < -0.3 is 5.32 Å². The van der Waals surface area contributed by atoms with Crippen LogP contribution in [0.3, 0.4) is 0 Å². The summed E-state index contributed by atoms with van der Waals surface area (Å²) in [5, 5.41) is 10.3. The zero-order valence-electron chi connectivity index (χ0n) is 6.62. The van der Waals surface area contributed by atoms with Crippen molar-refractivity contribution in [1.82, 2.24) is 15.0 Å². The molecule has 1 amide bonds. The van der Waals surface area contributed by atoms with E-state index < -0.39 is 0 Å². The number of hydrogen-bond acceptors (Lipinski definition) is 3. The first-order valence-electron chi connectivity index (χ1n) is 3.52. The Bertz CT molecular complexity index is 272. The summed E-state index contributed by atoms with van der Waals surface area (Å²) in [6.07, 6.45) is 1.48. The summed E-state index contributed by atoms with van der Waals surface area (Å²) in [5.41, 5.74) is 0. The van der Waals surface area contributed by atoms with Gasteiger partial charge in [-0.05, 0) is 6.92 Å². The molecule has 6 heteroatoms. The molecule has 0 unspecified atom stereocenters. The molecule has 0 saturated carbocycles. The number of carbonyl (C=O) groups excluding carboxylic acids is 1. The fourth-order valence-corrected chi connectivity index (χ4v) is 0.750. The summed E-state index contributed by atoms with van der Waals surface area (Å²) in [5.74, 6) is 0.0845. The molecular weight excluding hydrogens is 180 g/mol. The van der Waals surface area contributed by atoms with Crippen molar-refractivity contribution in [2.45, 2.75) is 13.5 Å². The van der Waals surface area contributed by atoms with Gasteiger partial charge >= 0.3 is 0 Å². The van der Waals surface area contributed by atoms with E-state index in [4.69, 9.17) is 11.6 Å². The number of anilines is 1. The Morgan fingerprint density at radius 3 is 3.08 bits per heavy atom. The lowest BCUT2D eigenvalue weighted by Crippen LogP contribution is -2.13. The second-order valence-electron chi connectivity index (χ2n) is 2.10. The zero-order chi connectivity index (χ0) is 8.97.